The van der Waals surface area contributed by atoms with E-state index in [0.29, 0.717) is 42.3 Å². The predicted octanol–water partition coefficient (Wildman–Crippen LogP) is 4.14. The van der Waals surface area contributed by atoms with Crippen molar-refractivity contribution in [2.75, 3.05) is 27.3 Å². The molecule has 1 heterocycles. The number of aryl methyl sites for hydroxylation is 1. The van der Waals surface area contributed by atoms with Crippen molar-refractivity contribution in [2.45, 2.75) is 70.9 Å². The Morgan fingerprint density at radius 1 is 1.20 bits per heavy atom. The summed E-state index contributed by atoms with van der Waals surface area (Å²) in [5.74, 6) is -1.54. The Balaban J connectivity index is 1.65. The van der Waals surface area contributed by atoms with Crippen molar-refractivity contribution in [3.05, 3.63) is 51.2 Å². The van der Waals surface area contributed by atoms with Gasteiger partial charge in [-0.1, -0.05) is 0 Å². The quantitative estimate of drug-likeness (QED) is 0.354. The number of carbonyl (C=O) groups excluding carboxylic acids is 1. The number of hydrogen-bond acceptors (Lipinski definition) is 8. The molecule has 0 unspecified atom stereocenters. The SMILES string of the molecule is B=C1c2c(OCCCC)noc2[C@@H](N(C)C)[C@@H]2C[C@@H]3Cc4c(F)cc(C)c(OCCCC)c4C(=O)C3=C(O)[C@]12O. The van der Waals surface area contributed by atoms with Crippen molar-refractivity contribution in [1.82, 2.24) is 10.1 Å². The van der Waals surface area contributed by atoms with Crippen LogP contribution in [0.4, 0.5) is 4.39 Å². The van der Waals surface area contributed by atoms with Crippen molar-refractivity contribution >= 4 is 18.7 Å². The van der Waals surface area contributed by atoms with Gasteiger partial charge in [0.15, 0.2) is 0 Å². The Morgan fingerprint density at radius 3 is 2.52 bits per heavy atom. The molecule has 4 atom stereocenters. The Labute approximate surface area is 235 Å². The van der Waals surface area contributed by atoms with E-state index in [2.05, 4.69) is 12.6 Å². The van der Waals surface area contributed by atoms with Crippen molar-refractivity contribution in [3.8, 4) is 11.6 Å². The molecule has 3 aliphatic rings. The number of aliphatic hydroxyl groups excluding tert-OH is 1. The average molecular weight is 552 g/mol. The molecule has 2 N–H and O–H groups in total. The second kappa shape index (κ2) is 10.8. The van der Waals surface area contributed by atoms with Gasteiger partial charge in [-0.3, -0.25) is 0 Å². The summed E-state index contributed by atoms with van der Waals surface area (Å²) >= 11 is 0. The maximum atomic E-state index is 15.3. The summed E-state index contributed by atoms with van der Waals surface area (Å²) in [7, 11) is 7.88. The molecule has 0 saturated heterocycles. The second-order valence-electron chi connectivity index (χ2n) is 11.5. The number of unbranched alkanes of at least 4 members (excludes halogenated alkanes) is 2. The number of nitrogens with zero attached hydrogens (tertiary/aromatic N) is 2. The number of aliphatic hydroxyl groups is 2. The fourth-order valence-electron chi connectivity index (χ4n) is 6.64. The molecule has 0 bridgehead atoms. The van der Waals surface area contributed by atoms with E-state index in [4.69, 9.17) is 14.0 Å². The van der Waals surface area contributed by atoms with E-state index in [1.807, 2.05) is 32.8 Å². The van der Waals surface area contributed by atoms with Crippen molar-refractivity contribution in [3.63, 3.8) is 0 Å². The van der Waals surface area contributed by atoms with E-state index in [1.54, 1.807) is 6.92 Å². The zero-order valence-corrected chi connectivity index (χ0v) is 24.0. The summed E-state index contributed by atoms with van der Waals surface area (Å²) in [6.07, 6.45) is 3.92. The van der Waals surface area contributed by atoms with Gasteiger partial charge in [0, 0.05) is 0 Å². The number of halogens is 1. The third kappa shape index (κ3) is 4.22. The molecular weight excluding hydrogens is 514 g/mol. The van der Waals surface area contributed by atoms with Gasteiger partial charge in [-0.05, 0) is 0 Å². The maximum absolute atomic E-state index is 15.3. The minimum atomic E-state index is -1.97. The van der Waals surface area contributed by atoms with Crippen LogP contribution in [-0.4, -0.2) is 71.9 Å². The zero-order chi connectivity index (χ0) is 28.9. The van der Waals surface area contributed by atoms with Crippen molar-refractivity contribution in [1.29, 1.82) is 0 Å². The van der Waals surface area contributed by atoms with E-state index in [0.717, 1.165) is 25.7 Å². The molecule has 214 valence electrons. The van der Waals surface area contributed by atoms with Crippen LogP contribution in [0.25, 0.3) is 0 Å². The number of ketones is 1. The fourth-order valence-corrected chi connectivity index (χ4v) is 6.64. The monoisotopic (exact) mass is 552 g/mol. The predicted molar refractivity (Wildman–Crippen MR) is 150 cm³/mol. The Bertz CT molecular complexity index is 1380. The number of Topliss-reactive ketones (excluding diaryl/α,β-unsaturated/α-hetero) is 1. The molecule has 3 aliphatic carbocycles. The fraction of sp³-hybridized carbons (Fsp3) is 0.567. The van der Waals surface area contributed by atoms with Gasteiger partial charge in [-0.15, -0.1) is 0 Å². The van der Waals surface area contributed by atoms with Gasteiger partial charge in [-0.2, -0.15) is 0 Å². The minimum absolute atomic E-state index is 0.0867. The molecule has 1 aromatic carbocycles. The van der Waals surface area contributed by atoms with Crippen molar-refractivity contribution < 1.29 is 33.4 Å². The molecule has 40 heavy (non-hydrogen) atoms. The number of aromatic nitrogens is 1. The second-order valence-corrected chi connectivity index (χ2v) is 11.5. The van der Waals surface area contributed by atoms with Crippen LogP contribution in [0, 0.1) is 24.6 Å². The summed E-state index contributed by atoms with van der Waals surface area (Å²) in [5, 5.41) is 28.3. The first kappa shape index (κ1) is 28.5. The molecule has 0 spiro atoms. The van der Waals surface area contributed by atoms with Gasteiger partial charge in [-0.25, -0.2) is 0 Å². The summed E-state index contributed by atoms with van der Waals surface area (Å²) in [6, 6.07) is 0.907. The Hall–Kier alpha value is -2.98. The molecular formula is C30H38BFN2O6. The van der Waals surface area contributed by atoms with Gasteiger partial charge >= 0.3 is 235 Å². The third-order valence-corrected chi connectivity index (χ3v) is 8.68. The number of rotatable bonds is 9. The first-order valence-corrected chi connectivity index (χ1v) is 14.2. The van der Waals surface area contributed by atoms with Crippen LogP contribution in [0.15, 0.2) is 21.9 Å². The van der Waals surface area contributed by atoms with Gasteiger partial charge in [0.25, 0.3) is 0 Å². The average Bonchev–Trinajstić information content (AvgIpc) is 3.31. The van der Waals surface area contributed by atoms with Gasteiger partial charge < -0.3 is 0 Å². The summed E-state index contributed by atoms with van der Waals surface area (Å²) in [6.45, 7) is 6.59. The van der Waals surface area contributed by atoms with Crippen LogP contribution in [0.2, 0.25) is 0 Å². The standard InChI is InChI=1S/C30H38BFN2O6/c1-6-8-10-38-25-15(3)12-19(32)17-13-16-14-18-23(34(4)5)26-22(29(33-40-26)39-11-9-7-2)27(31)30(18,37)28(36)20(16)24(35)21(17)25/h12,16,18,23,31,36-37H,6-11,13-14H2,1-5H3/t16-,18-,23-,30+/m0/s1. The number of allylic oxidation sites excluding steroid dienone is 1. The number of benzene rings is 1. The molecule has 0 fully saturated rings. The molecule has 8 nitrogen and oxygen atoms in total. The first-order valence-electron chi connectivity index (χ1n) is 14.2. The molecule has 5 rings (SSSR count). The van der Waals surface area contributed by atoms with Crippen LogP contribution in [-0.2, 0) is 6.42 Å². The summed E-state index contributed by atoms with van der Waals surface area (Å²) < 4.78 is 33.0. The normalized spacial score (nSPS) is 25.4. The van der Waals surface area contributed by atoms with Crippen LogP contribution in [0.1, 0.15) is 84.8 Å². The van der Waals surface area contributed by atoms with Crippen LogP contribution in [0.3, 0.4) is 0 Å². The molecule has 0 aliphatic heterocycles. The van der Waals surface area contributed by atoms with Gasteiger partial charge in [0.2, 0.25) is 0 Å². The van der Waals surface area contributed by atoms with E-state index in [-0.39, 0.29) is 34.5 Å². The molecule has 0 radical (unpaired) electrons. The summed E-state index contributed by atoms with van der Waals surface area (Å²) in [5.41, 5.74) is -0.358. The van der Waals surface area contributed by atoms with Gasteiger partial charge in [0.1, 0.15) is 0 Å². The molecule has 10 heteroatoms. The molecule has 1 aromatic heterocycles. The Kier molecular flexibility index (Phi) is 7.69. The van der Waals surface area contributed by atoms with Gasteiger partial charge in [0.05, 0.1) is 0 Å². The number of hydrogen-bond donors (Lipinski definition) is 2. The van der Waals surface area contributed by atoms with E-state index < -0.39 is 40.8 Å². The summed E-state index contributed by atoms with van der Waals surface area (Å²) in [4.78, 5) is 16.0. The van der Waals surface area contributed by atoms with E-state index in [9.17, 15) is 15.0 Å². The first-order chi connectivity index (χ1) is 19.1. The van der Waals surface area contributed by atoms with Crippen LogP contribution < -0.4 is 9.47 Å². The Morgan fingerprint density at radius 2 is 1.88 bits per heavy atom. The number of ether oxygens (including phenoxy) is 2. The number of carbonyl (C=O) groups is 1. The third-order valence-electron chi connectivity index (χ3n) is 8.68. The zero-order valence-electron chi connectivity index (χ0n) is 24.0. The molecule has 2 aromatic rings. The number of fused-ring (bicyclic) bond motifs is 4. The molecule has 0 amide bonds. The van der Waals surface area contributed by atoms with E-state index in [1.165, 1.54) is 6.07 Å². The van der Waals surface area contributed by atoms with Crippen LogP contribution in [0.5, 0.6) is 11.6 Å². The van der Waals surface area contributed by atoms with Crippen molar-refractivity contribution in [2.24, 2.45) is 11.8 Å². The van der Waals surface area contributed by atoms with E-state index >= 15 is 4.39 Å². The molecule has 0 saturated carbocycles. The topological polar surface area (TPSA) is 105 Å². The van der Waals surface area contributed by atoms with Crippen LogP contribution >= 0.6 is 0 Å².